The summed E-state index contributed by atoms with van der Waals surface area (Å²) in [6, 6.07) is 12.1. The van der Waals surface area contributed by atoms with Crippen LogP contribution in [0.5, 0.6) is 17.2 Å². The van der Waals surface area contributed by atoms with Gasteiger partial charge in [0.15, 0.2) is 17.3 Å². The molecular weight excluding hydrogens is 292 g/mol. The molecule has 0 saturated heterocycles. The monoisotopic (exact) mass is 312 g/mol. The van der Waals surface area contributed by atoms with Gasteiger partial charge in [0.2, 0.25) is 0 Å². The van der Waals surface area contributed by atoms with Crippen LogP contribution in [-0.2, 0) is 0 Å². The summed E-state index contributed by atoms with van der Waals surface area (Å²) in [5, 5.41) is 9.55. The van der Waals surface area contributed by atoms with Crippen molar-refractivity contribution < 1.29 is 19.4 Å². The maximum atomic E-state index is 12.2. The predicted molar refractivity (Wildman–Crippen MR) is 90.3 cm³/mol. The van der Waals surface area contributed by atoms with Crippen LogP contribution in [0.1, 0.15) is 29.3 Å². The minimum absolute atomic E-state index is 0.00991. The number of allylic oxidation sites excluding steroid dienone is 1. The van der Waals surface area contributed by atoms with E-state index >= 15 is 0 Å². The lowest BCUT2D eigenvalue weighted by atomic mass is 10.1. The van der Waals surface area contributed by atoms with Gasteiger partial charge in [0.1, 0.15) is 5.75 Å². The summed E-state index contributed by atoms with van der Waals surface area (Å²) < 4.78 is 10.5. The van der Waals surface area contributed by atoms with E-state index in [0.29, 0.717) is 12.2 Å². The SMILES string of the molecule is CCCOc1ccc(C=CC(=O)c2ccc(O)c(OC)c2)cc1. The number of rotatable bonds is 7. The van der Waals surface area contributed by atoms with Crippen molar-refractivity contribution in [1.29, 1.82) is 0 Å². The van der Waals surface area contributed by atoms with Crippen LogP contribution in [0.3, 0.4) is 0 Å². The molecule has 23 heavy (non-hydrogen) atoms. The molecule has 0 aliphatic rings. The summed E-state index contributed by atoms with van der Waals surface area (Å²) >= 11 is 0. The molecule has 0 spiro atoms. The van der Waals surface area contributed by atoms with E-state index in [2.05, 4.69) is 6.92 Å². The molecule has 2 aromatic rings. The first kappa shape index (κ1) is 16.6. The Kier molecular flexibility index (Phi) is 5.80. The highest BCUT2D eigenvalue weighted by Gasteiger charge is 2.07. The Morgan fingerprint density at radius 2 is 1.91 bits per heavy atom. The number of phenolic OH excluding ortho intramolecular Hbond substituents is 1. The number of methoxy groups -OCH3 is 1. The lowest BCUT2D eigenvalue weighted by Gasteiger charge is -2.05. The van der Waals surface area contributed by atoms with Crippen LogP contribution >= 0.6 is 0 Å². The Balaban J connectivity index is 2.05. The van der Waals surface area contributed by atoms with Gasteiger partial charge in [-0.25, -0.2) is 0 Å². The first-order valence-electron chi connectivity index (χ1n) is 7.46. The van der Waals surface area contributed by atoms with Gasteiger partial charge in [0, 0.05) is 5.56 Å². The van der Waals surface area contributed by atoms with E-state index in [4.69, 9.17) is 9.47 Å². The fourth-order valence-electron chi connectivity index (χ4n) is 1.99. The van der Waals surface area contributed by atoms with E-state index < -0.39 is 0 Å². The number of carbonyl (C=O) groups is 1. The lowest BCUT2D eigenvalue weighted by molar-refractivity contribution is 0.104. The van der Waals surface area contributed by atoms with Crippen molar-refractivity contribution in [2.75, 3.05) is 13.7 Å². The van der Waals surface area contributed by atoms with Crippen LogP contribution in [0, 0.1) is 0 Å². The van der Waals surface area contributed by atoms with E-state index in [1.807, 2.05) is 24.3 Å². The Morgan fingerprint density at radius 3 is 2.57 bits per heavy atom. The van der Waals surface area contributed by atoms with Gasteiger partial charge in [-0.2, -0.15) is 0 Å². The van der Waals surface area contributed by atoms with Crippen molar-refractivity contribution in [1.82, 2.24) is 0 Å². The van der Waals surface area contributed by atoms with Gasteiger partial charge in [-0.3, -0.25) is 4.79 Å². The molecule has 0 radical (unpaired) electrons. The smallest absolute Gasteiger partial charge is 0.185 e. The molecule has 0 amide bonds. The first-order valence-corrected chi connectivity index (χ1v) is 7.46. The molecule has 4 nitrogen and oxygen atoms in total. The van der Waals surface area contributed by atoms with Gasteiger partial charge in [-0.15, -0.1) is 0 Å². The maximum absolute atomic E-state index is 12.2. The molecule has 0 heterocycles. The molecule has 0 aliphatic heterocycles. The molecule has 4 heteroatoms. The van der Waals surface area contributed by atoms with E-state index in [9.17, 15) is 9.90 Å². The van der Waals surface area contributed by atoms with Crippen molar-refractivity contribution in [3.05, 3.63) is 59.7 Å². The average Bonchev–Trinajstić information content (AvgIpc) is 2.59. The molecule has 0 aliphatic carbocycles. The summed E-state index contributed by atoms with van der Waals surface area (Å²) in [4.78, 5) is 12.2. The molecule has 1 N–H and O–H groups in total. The molecule has 0 atom stereocenters. The van der Waals surface area contributed by atoms with Gasteiger partial charge < -0.3 is 14.6 Å². The number of benzene rings is 2. The third-order valence-corrected chi connectivity index (χ3v) is 3.24. The second-order valence-corrected chi connectivity index (χ2v) is 5.00. The fraction of sp³-hybridized carbons (Fsp3) is 0.211. The molecule has 0 aromatic heterocycles. The highest BCUT2D eigenvalue weighted by Crippen LogP contribution is 2.26. The number of aromatic hydroxyl groups is 1. The third kappa shape index (κ3) is 4.61. The number of hydrogen-bond acceptors (Lipinski definition) is 4. The van der Waals surface area contributed by atoms with Crippen molar-refractivity contribution in [3.8, 4) is 17.2 Å². The number of ether oxygens (including phenoxy) is 2. The molecule has 2 aromatic carbocycles. The van der Waals surface area contributed by atoms with Crippen molar-refractivity contribution in [3.63, 3.8) is 0 Å². The van der Waals surface area contributed by atoms with Crippen molar-refractivity contribution in [2.45, 2.75) is 13.3 Å². The third-order valence-electron chi connectivity index (χ3n) is 3.24. The van der Waals surface area contributed by atoms with Crippen LogP contribution in [0.2, 0.25) is 0 Å². The normalized spacial score (nSPS) is 10.7. The molecular formula is C19H20O4. The van der Waals surface area contributed by atoms with E-state index in [1.165, 1.54) is 25.3 Å². The summed E-state index contributed by atoms with van der Waals surface area (Å²) in [6.45, 7) is 2.75. The summed E-state index contributed by atoms with van der Waals surface area (Å²) in [7, 11) is 1.45. The Labute approximate surface area is 136 Å². The van der Waals surface area contributed by atoms with Gasteiger partial charge in [-0.05, 0) is 48.4 Å². The van der Waals surface area contributed by atoms with E-state index in [-0.39, 0.29) is 17.3 Å². The molecule has 0 bridgehead atoms. The highest BCUT2D eigenvalue weighted by molar-refractivity contribution is 6.07. The minimum Gasteiger partial charge on any atom is -0.504 e. The maximum Gasteiger partial charge on any atom is 0.185 e. The molecule has 0 fully saturated rings. The van der Waals surface area contributed by atoms with Crippen LogP contribution < -0.4 is 9.47 Å². The minimum atomic E-state index is -0.158. The average molecular weight is 312 g/mol. The number of carbonyl (C=O) groups excluding carboxylic acids is 1. The van der Waals surface area contributed by atoms with Crippen LogP contribution in [0.15, 0.2) is 48.5 Å². The van der Waals surface area contributed by atoms with Crippen LogP contribution in [0.4, 0.5) is 0 Å². The lowest BCUT2D eigenvalue weighted by Crippen LogP contribution is -1.95. The fourth-order valence-corrected chi connectivity index (χ4v) is 1.99. The first-order chi connectivity index (χ1) is 11.1. The van der Waals surface area contributed by atoms with Gasteiger partial charge in [0.05, 0.1) is 13.7 Å². The van der Waals surface area contributed by atoms with Crippen LogP contribution in [-0.4, -0.2) is 24.6 Å². The Hall–Kier alpha value is -2.75. The van der Waals surface area contributed by atoms with Gasteiger partial charge >= 0.3 is 0 Å². The van der Waals surface area contributed by atoms with Crippen molar-refractivity contribution >= 4 is 11.9 Å². The van der Waals surface area contributed by atoms with E-state index in [0.717, 1.165) is 17.7 Å². The van der Waals surface area contributed by atoms with Gasteiger partial charge in [-0.1, -0.05) is 25.1 Å². The Bertz CT molecular complexity index is 687. The quantitative estimate of drug-likeness (QED) is 0.618. The predicted octanol–water partition coefficient (Wildman–Crippen LogP) is 4.09. The second kappa shape index (κ2) is 8.03. The highest BCUT2D eigenvalue weighted by atomic mass is 16.5. The molecule has 0 unspecified atom stereocenters. The van der Waals surface area contributed by atoms with E-state index in [1.54, 1.807) is 12.1 Å². The zero-order valence-electron chi connectivity index (χ0n) is 13.3. The number of phenols is 1. The zero-order chi connectivity index (χ0) is 16.7. The second-order valence-electron chi connectivity index (χ2n) is 5.00. The topological polar surface area (TPSA) is 55.8 Å². The standard InChI is InChI=1S/C19H20O4/c1-3-12-23-16-8-4-14(5-9-16)6-10-17(20)15-7-11-18(21)19(13-15)22-2/h4-11,13,21H,3,12H2,1-2H3. The number of hydrogen-bond donors (Lipinski definition) is 1. The summed E-state index contributed by atoms with van der Waals surface area (Å²) in [6.07, 6.45) is 4.20. The summed E-state index contributed by atoms with van der Waals surface area (Å²) in [5.41, 5.74) is 1.37. The number of ketones is 1. The molecule has 0 saturated carbocycles. The largest absolute Gasteiger partial charge is 0.504 e. The molecule has 120 valence electrons. The molecule has 2 rings (SSSR count). The Morgan fingerprint density at radius 1 is 1.17 bits per heavy atom. The zero-order valence-corrected chi connectivity index (χ0v) is 13.3. The van der Waals surface area contributed by atoms with Crippen molar-refractivity contribution in [2.24, 2.45) is 0 Å². The van der Waals surface area contributed by atoms with Gasteiger partial charge in [0.25, 0.3) is 0 Å². The van der Waals surface area contributed by atoms with Crippen LogP contribution in [0.25, 0.3) is 6.08 Å². The summed E-state index contributed by atoms with van der Waals surface area (Å²) in [5.74, 6) is 0.950.